The Balaban J connectivity index is 2.02. The molecule has 0 fully saturated rings. The Bertz CT molecular complexity index is 1150. The number of anilines is 1. The first-order chi connectivity index (χ1) is 13.7. The van der Waals surface area contributed by atoms with Crippen molar-refractivity contribution in [2.75, 3.05) is 5.32 Å². The van der Waals surface area contributed by atoms with Gasteiger partial charge in [0.1, 0.15) is 0 Å². The van der Waals surface area contributed by atoms with Crippen molar-refractivity contribution in [3.8, 4) is 0 Å². The molecule has 0 aromatic heterocycles. The summed E-state index contributed by atoms with van der Waals surface area (Å²) < 4.78 is 53.8. The number of rotatable bonds is 4. The molecule has 3 nitrogen and oxygen atoms in total. The molecular formula is C20H9Cl2F4NO2. The molecule has 29 heavy (non-hydrogen) atoms. The molecule has 0 aliphatic heterocycles. The first-order valence-corrected chi connectivity index (χ1v) is 8.69. The van der Waals surface area contributed by atoms with Crippen molar-refractivity contribution in [2.24, 2.45) is 0 Å². The summed E-state index contributed by atoms with van der Waals surface area (Å²) in [4.78, 5) is 25.2. The zero-order valence-electron chi connectivity index (χ0n) is 14.2. The van der Waals surface area contributed by atoms with Crippen LogP contribution in [0.15, 0.2) is 48.5 Å². The highest BCUT2D eigenvalue weighted by molar-refractivity contribution is 6.36. The standard InChI is InChI=1S/C20H9Cl2F4NO2/c21-9-5-6-15(11(7-9)19(28)10-3-1-2-4-13(10)22)27-20(29)12-8-14(23)17(25)18(26)16(12)24/h1-8H,(H,27,29). The molecule has 9 heteroatoms. The van der Waals surface area contributed by atoms with Crippen LogP contribution in [0.2, 0.25) is 10.0 Å². The lowest BCUT2D eigenvalue weighted by molar-refractivity contribution is 0.102. The summed E-state index contributed by atoms with van der Waals surface area (Å²) in [5, 5.41) is 2.48. The molecule has 0 radical (unpaired) electrons. The summed E-state index contributed by atoms with van der Waals surface area (Å²) in [6.45, 7) is 0. The van der Waals surface area contributed by atoms with Gasteiger partial charge in [0.2, 0.25) is 0 Å². The fraction of sp³-hybridized carbons (Fsp3) is 0. The number of carbonyl (C=O) groups is 2. The largest absolute Gasteiger partial charge is 0.321 e. The molecule has 0 spiro atoms. The van der Waals surface area contributed by atoms with Crippen molar-refractivity contribution in [2.45, 2.75) is 0 Å². The quantitative estimate of drug-likeness (QED) is 0.232. The Kier molecular flexibility index (Phi) is 5.91. The average Bonchev–Trinajstić information content (AvgIpc) is 2.70. The van der Waals surface area contributed by atoms with E-state index in [1.165, 1.54) is 30.3 Å². The Morgan fingerprint density at radius 2 is 1.45 bits per heavy atom. The van der Waals surface area contributed by atoms with Crippen LogP contribution in [0.3, 0.4) is 0 Å². The second kappa shape index (κ2) is 8.23. The normalized spacial score (nSPS) is 10.7. The molecule has 0 aliphatic carbocycles. The third-order valence-electron chi connectivity index (χ3n) is 3.94. The van der Waals surface area contributed by atoms with E-state index in [1.54, 1.807) is 12.1 Å². The number of hydrogen-bond donors (Lipinski definition) is 1. The number of carbonyl (C=O) groups excluding carboxylic acids is 2. The van der Waals surface area contributed by atoms with E-state index < -0.39 is 40.5 Å². The van der Waals surface area contributed by atoms with Crippen LogP contribution in [-0.4, -0.2) is 11.7 Å². The van der Waals surface area contributed by atoms with E-state index >= 15 is 0 Å². The molecule has 0 bridgehead atoms. The van der Waals surface area contributed by atoms with E-state index in [0.717, 1.165) is 0 Å². The minimum Gasteiger partial charge on any atom is -0.321 e. The first kappa shape index (κ1) is 20.8. The SMILES string of the molecule is O=C(c1ccccc1Cl)c1cc(Cl)ccc1NC(=O)c1cc(F)c(F)c(F)c1F. The van der Waals surface area contributed by atoms with E-state index in [9.17, 15) is 27.2 Å². The molecular weight excluding hydrogens is 433 g/mol. The van der Waals surface area contributed by atoms with Gasteiger partial charge < -0.3 is 5.32 Å². The van der Waals surface area contributed by atoms with Crippen molar-refractivity contribution >= 4 is 40.6 Å². The first-order valence-electron chi connectivity index (χ1n) is 7.93. The fourth-order valence-corrected chi connectivity index (χ4v) is 2.93. The molecule has 0 saturated heterocycles. The highest BCUT2D eigenvalue weighted by atomic mass is 35.5. The van der Waals surface area contributed by atoms with Crippen LogP contribution in [-0.2, 0) is 0 Å². The summed E-state index contributed by atoms with van der Waals surface area (Å²) in [6.07, 6.45) is 0. The Morgan fingerprint density at radius 1 is 0.759 bits per heavy atom. The minimum absolute atomic E-state index is 0.0950. The van der Waals surface area contributed by atoms with Crippen LogP contribution in [0.5, 0.6) is 0 Å². The Morgan fingerprint density at radius 3 is 2.14 bits per heavy atom. The van der Waals surface area contributed by atoms with Crippen molar-refractivity contribution in [3.63, 3.8) is 0 Å². The molecule has 3 rings (SSSR count). The lowest BCUT2D eigenvalue weighted by Gasteiger charge is -2.13. The fourth-order valence-electron chi connectivity index (χ4n) is 2.53. The second-order valence-corrected chi connectivity index (χ2v) is 6.64. The van der Waals surface area contributed by atoms with Gasteiger partial charge in [-0.15, -0.1) is 0 Å². The van der Waals surface area contributed by atoms with Crippen molar-refractivity contribution in [3.05, 3.63) is 98.5 Å². The van der Waals surface area contributed by atoms with Crippen LogP contribution < -0.4 is 5.32 Å². The third kappa shape index (κ3) is 4.11. The van der Waals surface area contributed by atoms with E-state index in [2.05, 4.69) is 5.32 Å². The predicted octanol–water partition coefficient (Wildman–Crippen LogP) is 6.03. The number of amides is 1. The average molecular weight is 442 g/mol. The molecule has 0 atom stereocenters. The zero-order chi connectivity index (χ0) is 21.3. The van der Waals surface area contributed by atoms with Gasteiger partial charge in [0, 0.05) is 16.1 Å². The van der Waals surface area contributed by atoms with E-state index in [4.69, 9.17) is 23.2 Å². The molecule has 0 unspecified atom stereocenters. The van der Waals surface area contributed by atoms with Crippen LogP contribution in [0.4, 0.5) is 23.2 Å². The summed E-state index contributed by atoms with van der Waals surface area (Å²) in [5.74, 6) is -9.67. The number of hydrogen-bond acceptors (Lipinski definition) is 2. The number of ketones is 1. The van der Waals surface area contributed by atoms with Gasteiger partial charge in [-0.2, -0.15) is 0 Å². The minimum atomic E-state index is -2.13. The lowest BCUT2D eigenvalue weighted by atomic mass is 10.0. The van der Waals surface area contributed by atoms with E-state index in [1.807, 2.05) is 0 Å². The topological polar surface area (TPSA) is 46.2 Å². The van der Waals surface area contributed by atoms with Gasteiger partial charge in [0.25, 0.3) is 5.91 Å². The molecule has 3 aromatic rings. The van der Waals surface area contributed by atoms with Gasteiger partial charge in [0.05, 0.1) is 16.3 Å². The maximum absolute atomic E-state index is 13.9. The maximum atomic E-state index is 13.9. The van der Waals surface area contributed by atoms with Crippen LogP contribution in [0, 0.1) is 23.3 Å². The monoisotopic (exact) mass is 441 g/mol. The second-order valence-electron chi connectivity index (χ2n) is 5.80. The van der Waals surface area contributed by atoms with Gasteiger partial charge in [-0.3, -0.25) is 9.59 Å². The highest BCUT2D eigenvalue weighted by Gasteiger charge is 2.24. The van der Waals surface area contributed by atoms with Crippen molar-refractivity contribution < 1.29 is 27.2 Å². The summed E-state index contributed by atoms with van der Waals surface area (Å²) in [5.41, 5.74) is -1.18. The number of halogens is 6. The van der Waals surface area contributed by atoms with Crippen LogP contribution >= 0.6 is 23.2 Å². The van der Waals surface area contributed by atoms with Gasteiger partial charge in [-0.05, 0) is 36.4 Å². The highest BCUT2D eigenvalue weighted by Crippen LogP contribution is 2.27. The maximum Gasteiger partial charge on any atom is 0.258 e. The molecule has 148 valence electrons. The summed E-state index contributed by atoms with van der Waals surface area (Å²) >= 11 is 12.0. The molecule has 1 N–H and O–H groups in total. The van der Waals surface area contributed by atoms with Crippen molar-refractivity contribution in [1.82, 2.24) is 0 Å². The van der Waals surface area contributed by atoms with Gasteiger partial charge in [0.15, 0.2) is 29.1 Å². The van der Waals surface area contributed by atoms with Crippen LogP contribution in [0.25, 0.3) is 0 Å². The smallest absolute Gasteiger partial charge is 0.258 e. The zero-order valence-corrected chi connectivity index (χ0v) is 15.7. The molecule has 1 amide bonds. The summed E-state index contributed by atoms with van der Waals surface area (Å²) in [6, 6.07) is 10.2. The summed E-state index contributed by atoms with van der Waals surface area (Å²) in [7, 11) is 0. The van der Waals surface area contributed by atoms with E-state index in [0.29, 0.717) is 0 Å². The lowest BCUT2D eigenvalue weighted by Crippen LogP contribution is -2.18. The Hall–Kier alpha value is -2.90. The number of benzene rings is 3. The van der Waals surface area contributed by atoms with E-state index in [-0.39, 0.29) is 32.9 Å². The Labute approximate surface area is 171 Å². The van der Waals surface area contributed by atoms with Gasteiger partial charge >= 0.3 is 0 Å². The third-order valence-corrected chi connectivity index (χ3v) is 4.50. The number of nitrogens with one attached hydrogen (secondary N) is 1. The van der Waals surface area contributed by atoms with Crippen molar-refractivity contribution in [1.29, 1.82) is 0 Å². The molecule has 3 aromatic carbocycles. The predicted molar refractivity (Wildman–Crippen MR) is 101 cm³/mol. The van der Waals surface area contributed by atoms with Crippen LogP contribution in [0.1, 0.15) is 26.3 Å². The van der Waals surface area contributed by atoms with Gasteiger partial charge in [-0.25, -0.2) is 17.6 Å². The molecule has 0 heterocycles. The molecule has 0 saturated carbocycles. The van der Waals surface area contributed by atoms with Gasteiger partial charge in [-0.1, -0.05) is 35.3 Å². The molecule has 0 aliphatic rings.